The van der Waals surface area contributed by atoms with Gasteiger partial charge in [-0.2, -0.15) is 0 Å². The Morgan fingerprint density at radius 2 is 2.39 bits per heavy atom. The van der Waals surface area contributed by atoms with E-state index in [1.165, 1.54) is 10.4 Å². The average molecular weight is 319 g/mol. The molecule has 2 nitrogen and oxygen atoms in total. The molecule has 2 aromatic heterocycles. The van der Waals surface area contributed by atoms with Gasteiger partial charge < -0.3 is 4.90 Å². The molecule has 18 heavy (non-hydrogen) atoms. The van der Waals surface area contributed by atoms with Crippen LogP contribution < -0.4 is 4.90 Å². The molecule has 0 bridgehead atoms. The number of thiophene rings is 1. The summed E-state index contributed by atoms with van der Waals surface area (Å²) < 4.78 is 0. The van der Waals surface area contributed by atoms with Gasteiger partial charge in [0.1, 0.15) is 5.15 Å². The van der Waals surface area contributed by atoms with Gasteiger partial charge in [0.05, 0.1) is 16.8 Å². The van der Waals surface area contributed by atoms with Crippen molar-refractivity contribution < 1.29 is 0 Å². The van der Waals surface area contributed by atoms with E-state index in [-0.39, 0.29) is 0 Å². The van der Waals surface area contributed by atoms with E-state index in [1.54, 1.807) is 11.3 Å². The summed E-state index contributed by atoms with van der Waals surface area (Å²) in [5.74, 6) is 0.433. The van der Waals surface area contributed by atoms with E-state index in [4.69, 9.17) is 23.2 Å². The molecule has 1 aliphatic heterocycles. The Labute approximate surface area is 124 Å². The van der Waals surface area contributed by atoms with Crippen molar-refractivity contribution in [1.29, 1.82) is 0 Å². The van der Waals surface area contributed by atoms with E-state index in [2.05, 4.69) is 28.3 Å². The molecule has 0 aromatic carbocycles. The number of alkyl halides is 1. The number of anilines is 1. The predicted molar refractivity (Wildman–Crippen MR) is 80.5 cm³/mol. The van der Waals surface area contributed by atoms with Gasteiger partial charge in [-0.1, -0.05) is 22.9 Å². The second-order valence-electron chi connectivity index (χ2n) is 4.26. The van der Waals surface area contributed by atoms with Crippen LogP contribution in [0.25, 0.3) is 0 Å². The van der Waals surface area contributed by atoms with Crippen LogP contribution in [-0.2, 0) is 12.3 Å². The van der Waals surface area contributed by atoms with Crippen molar-refractivity contribution >= 4 is 51.0 Å². The predicted octanol–water partition coefficient (Wildman–Crippen LogP) is 4.72. The molecule has 0 saturated carbocycles. The normalized spacial score (nSPS) is 19.1. The number of nitrogens with zero attached hydrogens (tertiary/aromatic N) is 2. The van der Waals surface area contributed by atoms with Gasteiger partial charge in [0.15, 0.2) is 5.13 Å². The van der Waals surface area contributed by atoms with E-state index in [9.17, 15) is 0 Å². The number of hydrogen-bond donors (Lipinski definition) is 0. The summed E-state index contributed by atoms with van der Waals surface area (Å²) >= 11 is 15.4. The molecule has 0 amide bonds. The highest BCUT2D eigenvalue weighted by atomic mass is 35.5. The molecule has 0 radical (unpaired) electrons. The molecule has 3 heterocycles. The topological polar surface area (TPSA) is 16.1 Å². The minimum atomic E-state index is 0.366. The van der Waals surface area contributed by atoms with Crippen LogP contribution in [0.1, 0.15) is 28.3 Å². The minimum absolute atomic E-state index is 0.366. The summed E-state index contributed by atoms with van der Waals surface area (Å²) in [5, 5.41) is 3.71. The van der Waals surface area contributed by atoms with Crippen LogP contribution in [0, 0.1) is 0 Å². The van der Waals surface area contributed by atoms with Gasteiger partial charge in [-0.3, -0.25) is 0 Å². The van der Waals surface area contributed by atoms with Crippen molar-refractivity contribution in [3.05, 3.63) is 31.9 Å². The van der Waals surface area contributed by atoms with Crippen LogP contribution in [-0.4, -0.2) is 11.5 Å². The third-order valence-corrected chi connectivity index (χ3v) is 6.22. The van der Waals surface area contributed by atoms with Gasteiger partial charge in [-0.15, -0.1) is 22.9 Å². The van der Waals surface area contributed by atoms with E-state index < -0.39 is 0 Å². The average Bonchev–Trinajstić information content (AvgIpc) is 2.96. The summed E-state index contributed by atoms with van der Waals surface area (Å²) in [4.78, 5) is 9.22. The summed E-state index contributed by atoms with van der Waals surface area (Å²) in [6.07, 6.45) is 1.09. The van der Waals surface area contributed by atoms with Crippen molar-refractivity contribution in [1.82, 2.24) is 4.98 Å². The Kier molecular flexibility index (Phi) is 3.54. The lowest BCUT2D eigenvalue weighted by atomic mass is 10.0. The van der Waals surface area contributed by atoms with Crippen LogP contribution in [0.2, 0.25) is 5.15 Å². The molecule has 3 rings (SSSR count). The molecule has 2 aromatic rings. The smallest absolute Gasteiger partial charge is 0.187 e. The van der Waals surface area contributed by atoms with E-state index in [0.717, 1.165) is 23.0 Å². The third-order valence-electron chi connectivity index (χ3n) is 3.28. The number of rotatable bonds is 2. The number of thiazole rings is 1. The maximum absolute atomic E-state index is 6.08. The molecule has 0 aliphatic carbocycles. The number of halogens is 2. The van der Waals surface area contributed by atoms with Crippen molar-refractivity contribution in [2.24, 2.45) is 0 Å². The molecule has 1 unspecified atom stereocenters. The first-order valence-corrected chi connectivity index (χ1v) is 8.35. The molecular formula is C12H12Cl2N2S2. The van der Waals surface area contributed by atoms with Crippen LogP contribution in [0.4, 0.5) is 5.13 Å². The summed E-state index contributed by atoms with van der Waals surface area (Å²) in [6.45, 7) is 3.22. The lowest BCUT2D eigenvalue weighted by Crippen LogP contribution is -2.32. The molecule has 0 saturated heterocycles. The SMILES string of the molecule is CC1c2ccsc2CCN1c1nc(Cl)c(CCl)s1. The highest BCUT2D eigenvalue weighted by molar-refractivity contribution is 7.16. The van der Waals surface area contributed by atoms with E-state index in [1.807, 2.05) is 11.3 Å². The highest BCUT2D eigenvalue weighted by Gasteiger charge is 2.27. The third kappa shape index (κ3) is 2.05. The highest BCUT2D eigenvalue weighted by Crippen LogP contribution is 2.39. The maximum Gasteiger partial charge on any atom is 0.187 e. The van der Waals surface area contributed by atoms with Crippen molar-refractivity contribution in [3.8, 4) is 0 Å². The largest absolute Gasteiger partial charge is 0.341 e. The Morgan fingerprint density at radius 1 is 1.56 bits per heavy atom. The maximum atomic E-state index is 6.08. The Morgan fingerprint density at radius 3 is 3.11 bits per heavy atom. The van der Waals surface area contributed by atoms with Crippen LogP contribution >= 0.6 is 45.9 Å². The van der Waals surface area contributed by atoms with Crippen LogP contribution in [0.5, 0.6) is 0 Å². The van der Waals surface area contributed by atoms with Crippen LogP contribution in [0.15, 0.2) is 11.4 Å². The molecule has 96 valence electrons. The molecule has 0 spiro atoms. The summed E-state index contributed by atoms with van der Waals surface area (Å²) in [5.41, 5.74) is 1.42. The standard InChI is InChI=1S/C12H12Cl2N2S2/c1-7-8-3-5-17-9(8)2-4-16(7)12-15-11(14)10(6-13)18-12/h3,5,7H,2,4,6H2,1H3. The second-order valence-corrected chi connectivity index (χ2v) is 6.95. The lowest BCUT2D eigenvalue weighted by Gasteiger charge is -2.33. The fraction of sp³-hybridized carbons (Fsp3) is 0.417. The Bertz CT molecular complexity index is 564. The Hall–Kier alpha value is -0.290. The number of aromatic nitrogens is 1. The van der Waals surface area contributed by atoms with Crippen molar-refractivity contribution in [2.75, 3.05) is 11.4 Å². The minimum Gasteiger partial charge on any atom is -0.341 e. The first-order chi connectivity index (χ1) is 8.70. The zero-order chi connectivity index (χ0) is 12.7. The van der Waals surface area contributed by atoms with Gasteiger partial charge in [0.25, 0.3) is 0 Å². The molecule has 0 fully saturated rings. The lowest BCUT2D eigenvalue weighted by molar-refractivity contribution is 0.631. The molecule has 0 N–H and O–H groups in total. The fourth-order valence-electron chi connectivity index (χ4n) is 2.30. The van der Waals surface area contributed by atoms with Crippen molar-refractivity contribution in [3.63, 3.8) is 0 Å². The zero-order valence-electron chi connectivity index (χ0n) is 9.82. The number of hydrogen-bond acceptors (Lipinski definition) is 4. The number of fused-ring (bicyclic) bond motifs is 1. The quantitative estimate of drug-likeness (QED) is 0.745. The molecule has 1 aliphatic rings. The monoisotopic (exact) mass is 318 g/mol. The van der Waals surface area contributed by atoms with E-state index >= 15 is 0 Å². The van der Waals surface area contributed by atoms with Gasteiger partial charge in [-0.25, -0.2) is 4.98 Å². The first kappa shape index (κ1) is 12.7. The molecule has 6 heteroatoms. The summed E-state index contributed by atoms with van der Waals surface area (Å²) in [7, 11) is 0. The zero-order valence-corrected chi connectivity index (χ0v) is 13.0. The molecular weight excluding hydrogens is 307 g/mol. The fourth-order valence-corrected chi connectivity index (χ4v) is 4.84. The Balaban J connectivity index is 1.94. The van der Waals surface area contributed by atoms with Gasteiger partial charge in [0, 0.05) is 11.4 Å². The van der Waals surface area contributed by atoms with Crippen LogP contribution in [0.3, 0.4) is 0 Å². The van der Waals surface area contributed by atoms with E-state index in [0.29, 0.717) is 17.1 Å². The van der Waals surface area contributed by atoms with Gasteiger partial charge >= 0.3 is 0 Å². The molecule has 1 atom stereocenters. The second kappa shape index (κ2) is 5.00. The first-order valence-electron chi connectivity index (χ1n) is 5.74. The summed E-state index contributed by atoms with van der Waals surface area (Å²) in [6, 6.07) is 2.58. The van der Waals surface area contributed by atoms with Crippen molar-refractivity contribution in [2.45, 2.75) is 25.3 Å². The van der Waals surface area contributed by atoms with Gasteiger partial charge in [-0.05, 0) is 30.4 Å². The van der Waals surface area contributed by atoms with Gasteiger partial charge in [0.2, 0.25) is 0 Å².